The molecule has 0 saturated carbocycles. The van der Waals surface area contributed by atoms with Crippen LogP contribution in [0.4, 0.5) is 9.93 Å². The molecule has 3 heterocycles. The minimum atomic E-state index is -0.692. The van der Waals surface area contributed by atoms with Crippen LogP contribution in [0.25, 0.3) is 0 Å². The molecule has 0 unspecified atom stereocenters. The largest absolute Gasteiger partial charge is 0.385 e. The van der Waals surface area contributed by atoms with Crippen LogP contribution in [0.1, 0.15) is 33.1 Å². The molecule has 2 aliphatic rings. The zero-order valence-corrected chi connectivity index (χ0v) is 16.6. The van der Waals surface area contributed by atoms with Crippen LogP contribution < -0.4 is 4.90 Å². The first-order chi connectivity index (χ1) is 12.5. The first kappa shape index (κ1) is 19.1. The molecule has 3 amide bonds. The van der Waals surface area contributed by atoms with E-state index in [-0.39, 0.29) is 11.9 Å². The number of ether oxygens (including phenoxy) is 1. The van der Waals surface area contributed by atoms with Gasteiger partial charge in [-0.1, -0.05) is 13.8 Å². The monoisotopic (exact) mass is 380 g/mol. The average molecular weight is 381 g/mol. The fraction of sp³-hybridized carbons (Fsp3) is 0.722. The summed E-state index contributed by atoms with van der Waals surface area (Å²) < 4.78 is 5.08. The van der Waals surface area contributed by atoms with Gasteiger partial charge in [0.15, 0.2) is 5.13 Å². The second-order valence-electron chi connectivity index (χ2n) is 7.42. The van der Waals surface area contributed by atoms with Gasteiger partial charge in [-0.25, -0.2) is 9.78 Å². The summed E-state index contributed by atoms with van der Waals surface area (Å²) in [5.41, 5.74) is -0.692. The summed E-state index contributed by atoms with van der Waals surface area (Å²) in [7, 11) is 1.63. The topological polar surface area (TPSA) is 66.0 Å². The highest BCUT2D eigenvalue weighted by Crippen LogP contribution is 2.39. The molecule has 0 bridgehead atoms. The van der Waals surface area contributed by atoms with Crippen LogP contribution in [0.15, 0.2) is 11.6 Å². The lowest BCUT2D eigenvalue weighted by Crippen LogP contribution is -2.57. The first-order valence-corrected chi connectivity index (χ1v) is 10.1. The number of aromatic nitrogens is 1. The van der Waals surface area contributed by atoms with Gasteiger partial charge < -0.3 is 14.5 Å². The minimum Gasteiger partial charge on any atom is -0.385 e. The number of nitrogens with zero attached hydrogens (tertiary/aromatic N) is 4. The third-order valence-corrected chi connectivity index (χ3v) is 6.01. The summed E-state index contributed by atoms with van der Waals surface area (Å²) in [6.45, 7) is 7.25. The number of amides is 3. The van der Waals surface area contributed by atoms with E-state index in [4.69, 9.17) is 4.74 Å². The van der Waals surface area contributed by atoms with Gasteiger partial charge in [-0.05, 0) is 25.2 Å². The van der Waals surface area contributed by atoms with E-state index in [0.29, 0.717) is 44.9 Å². The van der Waals surface area contributed by atoms with Crippen molar-refractivity contribution in [3.05, 3.63) is 11.6 Å². The van der Waals surface area contributed by atoms with Crippen molar-refractivity contribution in [2.75, 3.05) is 44.8 Å². The van der Waals surface area contributed by atoms with E-state index in [1.54, 1.807) is 24.6 Å². The number of anilines is 1. The normalized spacial score (nSPS) is 20.1. The van der Waals surface area contributed by atoms with Crippen LogP contribution in [0.2, 0.25) is 0 Å². The third-order valence-electron chi connectivity index (χ3n) is 5.18. The van der Waals surface area contributed by atoms with Gasteiger partial charge in [0.1, 0.15) is 5.54 Å². The number of imide groups is 1. The quantitative estimate of drug-likeness (QED) is 0.537. The number of piperidine rings is 1. The molecule has 0 radical (unpaired) electrons. The highest BCUT2D eigenvalue weighted by atomic mass is 32.1. The third kappa shape index (κ3) is 3.44. The van der Waals surface area contributed by atoms with Crippen molar-refractivity contribution in [2.45, 2.75) is 38.6 Å². The fourth-order valence-electron chi connectivity index (χ4n) is 3.89. The lowest BCUT2D eigenvalue weighted by atomic mass is 9.85. The van der Waals surface area contributed by atoms with Crippen molar-refractivity contribution in [3.63, 3.8) is 0 Å². The summed E-state index contributed by atoms with van der Waals surface area (Å²) in [5.74, 6) is 0.289. The van der Waals surface area contributed by atoms with E-state index in [2.05, 4.69) is 23.7 Å². The van der Waals surface area contributed by atoms with Crippen LogP contribution >= 0.6 is 11.3 Å². The van der Waals surface area contributed by atoms with Crippen molar-refractivity contribution in [1.82, 2.24) is 14.8 Å². The Bertz CT molecular complexity index is 626. The summed E-state index contributed by atoms with van der Waals surface area (Å²) in [5, 5.41) is 2.95. The lowest BCUT2D eigenvalue weighted by Gasteiger charge is -2.42. The fourth-order valence-corrected chi connectivity index (χ4v) is 4.59. The Morgan fingerprint density at radius 1 is 1.31 bits per heavy atom. The van der Waals surface area contributed by atoms with E-state index in [1.165, 1.54) is 4.90 Å². The Morgan fingerprint density at radius 3 is 2.62 bits per heavy atom. The molecule has 1 aromatic rings. The zero-order valence-electron chi connectivity index (χ0n) is 15.8. The molecule has 2 saturated heterocycles. The molecule has 1 aromatic heterocycles. The van der Waals surface area contributed by atoms with Gasteiger partial charge in [-0.2, -0.15) is 0 Å². The first-order valence-electron chi connectivity index (χ1n) is 9.26. The second-order valence-corrected chi connectivity index (χ2v) is 8.30. The molecule has 2 fully saturated rings. The van der Waals surface area contributed by atoms with Crippen LogP contribution in [0, 0.1) is 5.92 Å². The van der Waals surface area contributed by atoms with Crippen molar-refractivity contribution < 1.29 is 14.3 Å². The van der Waals surface area contributed by atoms with Gasteiger partial charge in [0, 0.05) is 51.5 Å². The van der Waals surface area contributed by atoms with Gasteiger partial charge >= 0.3 is 6.03 Å². The molecule has 0 atom stereocenters. The predicted octanol–water partition coefficient (Wildman–Crippen LogP) is 2.44. The maximum absolute atomic E-state index is 13.3. The van der Waals surface area contributed by atoms with Gasteiger partial charge in [0.2, 0.25) is 0 Å². The van der Waals surface area contributed by atoms with Crippen LogP contribution in [-0.2, 0) is 9.53 Å². The molecule has 1 spiro atoms. The molecule has 144 valence electrons. The van der Waals surface area contributed by atoms with Crippen molar-refractivity contribution in [3.8, 4) is 0 Å². The van der Waals surface area contributed by atoms with E-state index in [1.807, 2.05) is 10.3 Å². The van der Waals surface area contributed by atoms with E-state index in [0.717, 1.165) is 18.2 Å². The molecule has 0 aromatic carbocycles. The van der Waals surface area contributed by atoms with Crippen LogP contribution in [-0.4, -0.2) is 72.2 Å². The van der Waals surface area contributed by atoms with Gasteiger partial charge in [0.25, 0.3) is 5.91 Å². The molecule has 3 rings (SSSR count). The van der Waals surface area contributed by atoms with Crippen molar-refractivity contribution in [1.29, 1.82) is 0 Å². The summed E-state index contributed by atoms with van der Waals surface area (Å²) in [6.07, 6.45) is 3.79. The standard InChI is InChI=1S/C18H28N4O3S/c1-14(2)13-22-17(24)21(8-4-11-25-3)15(23)18(22)5-9-20(10-6-18)16-19-7-12-26-16/h7,12,14H,4-6,8-11,13H2,1-3H3. The average Bonchev–Trinajstić information content (AvgIpc) is 3.21. The number of rotatable bonds is 7. The highest BCUT2D eigenvalue weighted by molar-refractivity contribution is 7.13. The van der Waals surface area contributed by atoms with Crippen LogP contribution in [0.3, 0.4) is 0 Å². The molecule has 26 heavy (non-hydrogen) atoms. The van der Waals surface area contributed by atoms with Crippen molar-refractivity contribution >= 4 is 28.4 Å². The zero-order chi connectivity index (χ0) is 18.7. The Kier molecular flexibility index (Phi) is 5.82. The summed E-state index contributed by atoms with van der Waals surface area (Å²) >= 11 is 1.61. The smallest absolute Gasteiger partial charge is 0.327 e. The molecule has 8 heteroatoms. The highest BCUT2D eigenvalue weighted by Gasteiger charge is 2.57. The lowest BCUT2D eigenvalue weighted by molar-refractivity contribution is -0.134. The number of methoxy groups -OCH3 is 1. The molecule has 0 N–H and O–H groups in total. The minimum absolute atomic E-state index is 0.0296. The maximum atomic E-state index is 13.3. The predicted molar refractivity (Wildman–Crippen MR) is 101 cm³/mol. The molecular weight excluding hydrogens is 352 g/mol. The Balaban J connectivity index is 1.78. The maximum Gasteiger partial charge on any atom is 0.327 e. The van der Waals surface area contributed by atoms with E-state index < -0.39 is 5.54 Å². The van der Waals surface area contributed by atoms with Crippen molar-refractivity contribution in [2.24, 2.45) is 5.92 Å². The number of hydrogen-bond acceptors (Lipinski definition) is 6. The Hall–Kier alpha value is -1.67. The number of urea groups is 1. The number of thiazole rings is 1. The van der Waals surface area contributed by atoms with Gasteiger partial charge in [-0.3, -0.25) is 9.69 Å². The second kappa shape index (κ2) is 7.92. The molecular formula is C18H28N4O3S. The summed E-state index contributed by atoms with van der Waals surface area (Å²) in [6, 6.07) is -0.137. The van der Waals surface area contributed by atoms with Gasteiger partial charge in [0.05, 0.1) is 0 Å². The summed E-state index contributed by atoms with van der Waals surface area (Å²) in [4.78, 5) is 36.1. The number of hydrogen-bond donors (Lipinski definition) is 0. The SMILES string of the molecule is COCCCN1C(=O)N(CC(C)C)C2(CCN(c3nccs3)CC2)C1=O. The Labute approximate surface area is 158 Å². The number of carbonyl (C=O) groups excluding carboxylic acids is 2. The Morgan fingerprint density at radius 2 is 2.04 bits per heavy atom. The number of carbonyl (C=O) groups is 2. The molecule has 2 aliphatic heterocycles. The molecule has 0 aliphatic carbocycles. The van der Waals surface area contributed by atoms with E-state index in [9.17, 15) is 9.59 Å². The van der Waals surface area contributed by atoms with Gasteiger partial charge in [-0.15, -0.1) is 11.3 Å². The van der Waals surface area contributed by atoms with Crippen LogP contribution in [0.5, 0.6) is 0 Å². The van der Waals surface area contributed by atoms with E-state index >= 15 is 0 Å². The molecule has 7 nitrogen and oxygen atoms in total.